The van der Waals surface area contributed by atoms with Crippen molar-refractivity contribution in [3.63, 3.8) is 0 Å². The molecule has 0 aliphatic carbocycles. The Morgan fingerprint density at radius 2 is 2.38 bits per heavy atom. The number of Topliss-reactive ketones (excluding diaryl/α,β-unsaturated/α-hetero) is 1. The van der Waals surface area contributed by atoms with Crippen molar-refractivity contribution in [3.8, 4) is 11.8 Å². The highest BCUT2D eigenvalue weighted by Crippen LogP contribution is 2.23. The second-order valence-electron chi connectivity index (χ2n) is 4.22. The molecule has 0 fully saturated rings. The van der Waals surface area contributed by atoms with E-state index >= 15 is 0 Å². The zero-order valence-corrected chi connectivity index (χ0v) is 13.4. The maximum Gasteiger partial charge on any atom is 0.194 e. The molecular weight excluding hydrogens is 359 g/mol. The molecule has 7 heteroatoms. The Labute approximate surface area is 133 Å². The molecule has 2 rings (SSSR count). The van der Waals surface area contributed by atoms with Crippen molar-refractivity contribution in [2.45, 2.75) is 12.8 Å². The number of hydrogen-bond acceptors (Lipinski definition) is 5. The predicted octanol–water partition coefficient (Wildman–Crippen LogP) is 3.61. The third-order valence-electron chi connectivity index (χ3n) is 2.60. The lowest BCUT2D eigenvalue weighted by molar-refractivity contribution is -0.121. The van der Waals surface area contributed by atoms with Crippen molar-refractivity contribution in [1.82, 2.24) is 4.98 Å². The number of benzene rings is 1. The monoisotopic (exact) mass is 368 g/mol. The van der Waals surface area contributed by atoms with Gasteiger partial charge in [0.1, 0.15) is 11.6 Å². The van der Waals surface area contributed by atoms with E-state index in [0.29, 0.717) is 9.48 Å². The van der Waals surface area contributed by atoms with Crippen LogP contribution in [-0.4, -0.2) is 17.4 Å². The number of nitriles is 1. The third-order valence-corrected chi connectivity index (χ3v) is 4.12. The van der Waals surface area contributed by atoms with E-state index in [-0.39, 0.29) is 12.4 Å². The van der Waals surface area contributed by atoms with Gasteiger partial charge in [-0.05, 0) is 25.1 Å². The molecule has 0 spiro atoms. The van der Waals surface area contributed by atoms with E-state index < -0.39 is 17.5 Å². The highest BCUT2D eigenvalue weighted by Gasteiger charge is 2.24. The smallest absolute Gasteiger partial charge is 0.194 e. The normalized spacial score (nSPS) is 11.7. The van der Waals surface area contributed by atoms with Gasteiger partial charge in [0.05, 0.1) is 6.07 Å². The summed E-state index contributed by atoms with van der Waals surface area (Å²) in [5.41, 5.74) is 0.753. The van der Waals surface area contributed by atoms with Crippen LogP contribution in [0, 0.1) is 24.1 Å². The Morgan fingerprint density at radius 1 is 1.62 bits per heavy atom. The van der Waals surface area contributed by atoms with Gasteiger partial charge >= 0.3 is 0 Å². The second kappa shape index (κ2) is 6.78. The molecule has 1 unspecified atom stereocenters. The first-order chi connectivity index (χ1) is 10.0. The maximum atomic E-state index is 13.6. The Bertz CT molecular complexity index is 711. The lowest BCUT2D eigenvalue weighted by atomic mass is 10.1. The SMILES string of the molecule is Cc1csc(C(C#N)C(=O)COc2ccc(Br)cc2F)n1. The number of thiazole rings is 1. The van der Waals surface area contributed by atoms with Crippen LogP contribution in [0.3, 0.4) is 0 Å². The molecule has 1 atom stereocenters. The zero-order chi connectivity index (χ0) is 15.4. The minimum atomic E-state index is -0.984. The van der Waals surface area contributed by atoms with E-state index in [1.807, 2.05) is 6.07 Å². The largest absolute Gasteiger partial charge is 0.483 e. The minimum Gasteiger partial charge on any atom is -0.483 e. The van der Waals surface area contributed by atoms with Crippen LogP contribution in [0.15, 0.2) is 28.1 Å². The number of carbonyl (C=O) groups is 1. The molecule has 1 aromatic heterocycles. The molecule has 0 N–H and O–H groups in total. The highest BCUT2D eigenvalue weighted by atomic mass is 79.9. The third kappa shape index (κ3) is 3.86. The van der Waals surface area contributed by atoms with Crippen molar-refractivity contribution in [2.75, 3.05) is 6.61 Å². The van der Waals surface area contributed by atoms with E-state index in [9.17, 15) is 9.18 Å². The van der Waals surface area contributed by atoms with Gasteiger partial charge in [-0.1, -0.05) is 15.9 Å². The first kappa shape index (κ1) is 15.6. The van der Waals surface area contributed by atoms with Gasteiger partial charge in [0.15, 0.2) is 23.3 Å². The Hall–Kier alpha value is -1.78. The van der Waals surface area contributed by atoms with Crippen LogP contribution in [-0.2, 0) is 4.79 Å². The van der Waals surface area contributed by atoms with Crippen molar-refractivity contribution in [2.24, 2.45) is 0 Å². The summed E-state index contributed by atoms with van der Waals surface area (Å²) in [6.45, 7) is 1.40. The Morgan fingerprint density at radius 3 is 2.95 bits per heavy atom. The standard InChI is InChI=1S/C14H10BrFN2O2S/c1-8-7-21-14(18-8)10(5-17)12(19)6-20-13-3-2-9(15)4-11(13)16/h2-4,7,10H,6H2,1H3. The average Bonchev–Trinajstić information content (AvgIpc) is 2.85. The molecule has 0 saturated heterocycles. The fourth-order valence-corrected chi connectivity index (χ4v) is 2.79. The number of aryl methyl sites for hydroxylation is 1. The topological polar surface area (TPSA) is 63.0 Å². The summed E-state index contributed by atoms with van der Waals surface area (Å²) in [7, 11) is 0. The van der Waals surface area contributed by atoms with Crippen LogP contribution >= 0.6 is 27.3 Å². The molecule has 0 saturated carbocycles. The van der Waals surface area contributed by atoms with Crippen molar-refractivity contribution >= 4 is 33.0 Å². The van der Waals surface area contributed by atoms with E-state index in [1.54, 1.807) is 18.4 Å². The van der Waals surface area contributed by atoms with Gasteiger partial charge in [-0.25, -0.2) is 9.37 Å². The molecule has 0 aliphatic heterocycles. The van der Waals surface area contributed by atoms with Gasteiger partial charge in [0.25, 0.3) is 0 Å². The lowest BCUT2D eigenvalue weighted by Gasteiger charge is -2.08. The maximum absolute atomic E-state index is 13.6. The first-order valence-electron chi connectivity index (χ1n) is 5.93. The van der Waals surface area contributed by atoms with Gasteiger partial charge in [-0.15, -0.1) is 11.3 Å². The number of ether oxygens (including phenoxy) is 1. The molecule has 108 valence electrons. The molecule has 0 aliphatic rings. The molecule has 1 aromatic carbocycles. The second-order valence-corrected chi connectivity index (χ2v) is 6.02. The van der Waals surface area contributed by atoms with Crippen LogP contribution in [0.4, 0.5) is 4.39 Å². The summed E-state index contributed by atoms with van der Waals surface area (Å²) in [6.07, 6.45) is 0. The summed E-state index contributed by atoms with van der Waals surface area (Å²) in [5, 5.41) is 11.3. The summed E-state index contributed by atoms with van der Waals surface area (Å²) in [5.74, 6) is -2.04. The summed E-state index contributed by atoms with van der Waals surface area (Å²) < 4.78 is 19.3. The average molecular weight is 369 g/mol. The van der Waals surface area contributed by atoms with E-state index in [0.717, 1.165) is 5.69 Å². The Balaban J connectivity index is 2.05. The molecule has 2 aromatic rings. The zero-order valence-electron chi connectivity index (χ0n) is 11.0. The van der Waals surface area contributed by atoms with Crippen LogP contribution in [0.1, 0.15) is 16.6 Å². The Kier molecular flexibility index (Phi) is 5.04. The molecule has 0 bridgehead atoms. The van der Waals surface area contributed by atoms with Crippen LogP contribution in [0.25, 0.3) is 0 Å². The fourth-order valence-electron chi connectivity index (χ4n) is 1.59. The number of halogens is 2. The number of hydrogen-bond donors (Lipinski definition) is 0. The van der Waals surface area contributed by atoms with Gasteiger partial charge in [-0.3, -0.25) is 4.79 Å². The fraction of sp³-hybridized carbons (Fsp3) is 0.214. The molecule has 0 amide bonds. The van der Waals surface area contributed by atoms with Crippen LogP contribution < -0.4 is 4.74 Å². The van der Waals surface area contributed by atoms with Gasteiger partial charge in [-0.2, -0.15) is 5.26 Å². The molecule has 0 radical (unpaired) electrons. The van der Waals surface area contributed by atoms with Crippen LogP contribution in [0.2, 0.25) is 0 Å². The highest BCUT2D eigenvalue weighted by molar-refractivity contribution is 9.10. The molecular formula is C14H10BrFN2O2S. The van der Waals surface area contributed by atoms with E-state index in [1.165, 1.54) is 23.5 Å². The van der Waals surface area contributed by atoms with E-state index in [4.69, 9.17) is 10.00 Å². The predicted molar refractivity (Wildman–Crippen MR) is 79.8 cm³/mol. The quantitative estimate of drug-likeness (QED) is 0.808. The van der Waals surface area contributed by atoms with Crippen molar-refractivity contribution in [1.29, 1.82) is 5.26 Å². The van der Waals surface area contributed by atoms with E-state index in [2.05, 4.69) is 20.9 Å². The summed E-state index contributed by atoms with van der Waals surface area (Å²) >= 11 is 4.38. The van der Waals surface area contributed by atoms with Crippen LogP contribution in [0.5, 0.6) is 5.75 Å². The van der Waals surface area contributed by atoms with Crippen molar-refractivity contribution < 1.29 is 13.9 Å². The summed E-state index contributed by atoms with van der Waals surface area (Å²) in [4.78, 5) is 16.1. The first-order valence-corrected chi connectivity index (χ1v) is 7.60. The molecule has 1 heterocycles. The molecule has 21 heavy (non-hydrogen) atoms. The summed E-state index contributed by atoms with van der Waals surface area (Å²) in [6, 6.07) is 6.17. The lowest BCUT2D eigenvalue weighted by Crippen LogP contribution is -2.19. The number of nitrogens with zero attached hydrogens (tertiary/aromatic N) is 2. The number of rotatable bonds is 5. The number of aromatic nitrogens is 1. The number of carbonyl (C=O) groups excluding carboxylic acids is 1. The van der Waals surface area contributed by atoms with Crippen molar-refractivity contribution in [3.05, 3.63) is 44.6 Å². The van der Waals surface area contributed by atoms with Gasteiger partial charge in [0, 0.05) is 15.5 Å². The van der Waals surface area contributed by atoms with Gasteiger partial charge in [0.2, 0.25) is 0 Å². The number of ketones is 1. The minimum absolute atomic E-state index is 0.0291. The molecule has 4 nitrogen and oxygen atoms in total. The van der Waals surface area contributed by atoms with Gasteiger partial charge < -0.3 is 4.74 Å².